The molecule has 0 amide bonds. The molecule has 1 aliphatic rings. The van der Waals surface area contributed by atoms with Crippen molar-refractivity contribution in [1.82, 2.24) is 0 Å². The van der Waals surface area contributed by atoms with E-state index in [1.165, 1.54) is 18.4 Å². The highest BCUT2D eigenvalue weighted by Gasteiger charge is 2.39. The Morgan fingerprint density at radius 1 is 1.06 bits per heavy atom. The molecule has 2 rings (SSSR count). The van der Waals surface area contributed by atoms with Crippen molar-refractivity contribution in [3.63, 3.8) is 0 Å². The van der Waals surface area contributed by atoms with E-state index in [4.69, 9.17) is 5.26 Å². The van der Waals surface area contributed by atoms with Crippen LogP contribution in [0.4, 0.5) is 0 Å². The van der Waals surface area contributed by atoms with Gasteiger partial charge >= 0.3 is 0 Å². The van der Waals surface area contributed by atoms with Gasteiger partial charge in [-0.05, 0) is 36.7 Å². The summed E-state index contributed by atoms with van der Waals surface area (Å²) in [6, 6.07) is 13.0. The lowest BCUT2D eigenvalue weighted by atomic mass is 9.61. The van der Waals surface area contributed by atoms with Gasteiger partial charge in [0.25, 0.3) is 0 Å². The molecule has 0 N–H and O–H groups in total. The van der Waals surface area contributed by atoms with Crippen LogP contribution in [-0.4, -0.2) is 0 Å². The first-order valence-electron chi connectivity index (χ1n) is 6.51. The number of benzene rings is 1. The summed E-state index contributed by atoms with van der Waals surface area (Å²) in [6.07, 6.45) is 5.41. The van der Waals surface area contributed by atoms with E-state index in [0.29, 0.717) is 11.8 Å². The zero-order valence-corrected chi connectivity index (χ0v) is 10.9. The van der Waals surface area contributed by atoms with Crippen LogP contribution in [0.5, 0.6) is 0 Å². The van der Waals surface area contributed by atoms with Gasteiger partial charge in [0.1, 0.15) is 0 Å². The van der Waals surface area contributed by atoms with E-state index in [2.05, 4.69) is 50.2 Å². The highest BCUT2D eigenvalue weighted by Crippen LogP contribution is 2.48. The minimum atomic E-state index is 0.117. The summed E-state index contributed by atoms with van der Waals surface area (Å²) in [5, 5.41) is 9.13. The Labute approximate surface area is 104 Å². The first-order chi connectivity index (χ1) is 8.08. The zero-order valence-electron chi connectivity index (χ0n) is 10.9. The van der Waals surface area contributed by atoms with Crippen molar-refractivity contribution in [3.05, 3.63) is 35.9 Å². The van der Waals surface area contributed by atoms with Crippen molar-refractivity contribution in [1.29, 1.82) is 5.26 Å². The van der Waals surface area contributed by atoms with Gasteiger partial charge in [0.15, 0.2) is 0 Å². The topological polar surface area (TPSA) is 23.8 Å². The Kier molecular flexibility index (Phi) is 3.24. The number of nitrogens with zero attached hydrogens (tertiary/aromatic N) is 1. The Balaban J connectivity index is 2.27. The Morgan fingerprint density at radius 2 is 1.65 bits per heavy atom. The monoisotopic (exact) mass is 227 g/mol. The van der Waals surface area contributed by atoms with Crippen LogP contribution in [0.2, 0.25) is 0 Å². The third-order valence-electron chi connectivity index (χ3n) is 4.36. The minimum Gasteiger partial charge on any atom is -0.198 e. The molecule has 1 saturated carbocycles. The van der Waals surface area contributed by atoms with Crippen LogP contribution in [-0.2, 0) is 5.41 Å². The lowest BCUT2D eigenvalue weighted by molar-refractivity contribution is 0.164. The quantitative estimate of drug-likeness (QED) is 0.732. The summed E-state index contributed by atoms with van der Waals surface area (Å²) in [5.74, 6) is 0. The summed E-state index contributed by atoms with van der Waals surface area (Å²) >= 11 is 0. The molecule has 17 heavy (non-hydrogen) atoms. The number of hydrogen-bond donors (Lipinski definition) is 0. The minimum absolute atomic E-state index is 0.117. The van der Waals surface area contributed by atoms with Gasteiger partial charge in [-0.3, -0.25) is 0 Å². The van der Waals surface area contributed by atoms with E-state index >= 15 is 0 Å². The summed E-state index contributed by atoms with van der Waals surface area (Å²) in [7, 11) is 0. The van der Waals surface area contributed by atoms with Crippen molar-refractivity contribution in [2.24, 2.45) is 5.41 Å². The fraction of sp³-hybridized carbons (Fsp3) is 0.562. The van der Waals surface area contributed by atoms with Crippen LogP contribution in [0.15, 0.2) is 30.3 Å². The molecule has 0 bridgehead atoms. The third-order valence-corrected chi connectivity index (χ3v) is 4.36. The van der Waals surface area contributed by atoms with E-state index in [9.17, 15) is 0 Å². The van der Waals surface area contributed by atoms with Crippen LogP contribution >= 0.6 is 0 Å². The van der Waals surface area contributed by atoms with Crippen molar-refractivity contribution in [3.8, 4) is 6.07 Å². The fourth-order valence-corrected chi connectivity index (χ4v) is 2.92. The Hall–Kier alpha value is -1.29. The number of rotatable bonds is 2. The van der Waals surface area contributed by atoms with Crippen LogP contribution in [0.3, 0.4) is 0 Å². The normalized spacial score (nSPS) is 21.7. The summed E-state index contributed by atoms with van der Waals surface area (Å²) in [5.41, 5.74) is 1.93. The van der Waals surface area contributed by atoms with Crippen LogP contribution < -0.4 is 0 Å². The molecule has 1 nitrogen and oxygen atoms in total. The van der Waals surface area contributed by atoms with Gasteiger partial charge in [0.05, 0.1) is 6.07 Å². The molecular formula is C16H21N. The second-order valence-corrected chi connectivity index (χ2v) is 6.15. The molecule has 0 spiro atoms. The molecule has 0 aromatic heterocycles. The molecule has 0 aliphatic heterocycles. The molecule has 0 atom stereocenters. The number of hydrogen-bond acceptors (Lipinski definition) is 1. The van der Waals surface area contributed by atoms with E-state index in [1.807, 2.05) is 0 Å². The second kappa shape index (κ2) is 4.53. The van der Waals surface area contributed by atoms with Crippen molar-refractivity contribution < 1.29 is 0 Å². The van der Waals surface area contributed by atoms with Crippen LogP contribution in [0, 0.1) is 16.7 Å². The lowest BCUT2D eigenvalue weighted by Gasteiger charge is -2.43. The van der Waals surface area contributed by atoms with Gasteiger partial charge in [-0.1, -0.05) is 44.2 Å². The molecule has 90 valence electrons. The predicted octanol–water partition coefficient (Wildman–Crippen LogP) is 4.44. The highest BCUT2D eigenvalue weighted by molar-refractivity contribution is 5.27. The maximum absolute atomic E-state index is 9.13. The third kappa shape index (κ3) is 2.52. The first-order valence-corrected chi connectivity index (χ1v) is 6.51. The van der Waals surface area contributed by atoms with E-state index in [0.717, 1.165) is 12.8 Å². The summed E-state index contributed by atoms with van der Waals surface area (Å²) in [4.78, 5) is 0. The van der Waals surface area contributed by atoms with E-state index < -0.39 is 0 Å². The summed E-state index contributed by atoms with van der Waals surface area (Å²) in [6.45, 7) is 4.68. The predicted molar refractivity (Wildman–Crippen MR) is 70.6 cm³/mol. The van der Waals surface area contributed by atoms with E-state index in [-0.39, 0.29) is 5.41 Å². The second-order valence-electron chi connectivity index (χ2n) is 6.15. The van der Waals surface area contributed by atoms with Gasteiger partial charge in [-0.25, -0.2) is 0 Å². The number of nitriles is 1. The summed E-state index contributed by atoms with van der Waals surface area (Å²) < 4.78 is 0. The van der Waals surface area contributed by atoms with Crippen LogP contribution in [0.1, 0.15) is 51.5 Å². The molecule has 0 saturated heterocycles. The Morgan fingerprint density at radius 3 is 2.18 bits per heavy atom. The average Bonchev–Trinajstić information content (AvgIpc) is 2.34. The van der Waals surface area contributed by atoms with Crippen molar-refractivity contribution in [2.45, 2.75) is 51.4 Å². The molecular weight excluding hydrogens is 206 g/mol. The van der Waals surface area contributed by atoms with E-state index in [1.54, 1.807) is 0 Å². The van der Waals surface area contributed by atoms with Gasteiger partial charge in [0, 0.05) is 11.8 Å². The maximum atomic E-state index is 9.13. The van der Waals surface area contributed by atoms with Crippen molar-refractivity contribution >= 4 is 0 Å². The molecule has 1 aromatic rings. The van der Waals surface area contributed by atoms with Gasteiger partial charge in [-0.15, -0.1) is 0 Å². The SMILES string of the molecule is CC1(C)CCC(CC#N)(c2ccccc2)CC1. The zero-order chi connectivity index (χ0) is 12.4. The van der Waals surface area contributed by atoms with Gasteiger partial charge in [0.2, 0.25) is 0 Å². The highest BCUT2D eigenvalue weighted by atomic mass is 14.4. The van der Waals surface area contributed by atoms with Gasteiger partial charge < -0.3 is 0 Å². The molecule has 0 radical (unpaired) electrons. The molecule has 1 fully saturated rings. The molecule has 0 heterocycles. The van der Waals surface area contributed by atoms with Crippen molar-refractivity contribution in [2.75, 3.05) is 0 Å². The first kappa shape index (κ1) is 12.2. The lowest BCUT2D eigenvalue weighted by Crippen LogP contribution is -2.34. The molecule has 1 heteroatoms. The molecule has 1 aromatic carbocycles. The molecule has 0 unspecified atom stereocenters. The van der Waals surface area contributed by atoms with Gasteiger partial charge in [-0.2, -0.15) is 5.26 Å². The smallest absolute Gasteiger partial charge is 0.0631 e. The standard InChI is InChI=1S/C16H21N/c1-15(2)8-10-16(11-9-15,12-13-17)14-6-4-3-5-7-14/h3-7H,8-12H2,1-2H3. The molecule has 1 aliphatic carbocycles. The fourth-order valence-electron chi connectivity index (χ4n) is 2.92. The largest absolute Gasteiger partial charge is 0.198 e. The maximum Gasteiger partial charge on any atom is 0.0631 e. The van der Waals surface area contributed by atoms with Crippen LogP contribution in [0.25, 0.3) is 0 Å². The Bertz CT molecular complexity index is 401. The average molecular weight is 227 g/mol.